The molecule has 1 amide bonds. The summed E-state index contributed by atoms with van der Waals surface area (Å²) in [5, 5.41) is 0.324. The van der Waals surface area contributed by atoms with Gasteiger partial charge in [-0.1, -0.05) is 36.7 Å². The zero-order chi connectivity index (χ0) is 30.0. The molecule has 0 radical (unpaired) electrons. The summed E-state index contributed by atoms with van der Waals surface area (Å²) in [7, 11) is -2.02. The number of fused-ring (bicyclic) bond motifs is 1. The van der Waals surface area contributed by atoms with Crippen LogP contribution in [0.4, 0.5) is 14.5 Å². The van der Waals surface area contributed by atoms with Crippen molar-refractivity contribution >= 4 is 33.2 Å². The summed E-state index contributed by atoms with van der Waals surface area (Å²) in [4.78, 5) is 19.9. The van der Waals surface area contributed by atoms with Crippen molar-refractivity contribution < 1.29 is 22.0 Å². The number of rotatable bonds is 9. The van der Waals surface area contributed by atoms with Crippen molar-refractivity contribution in [3.05, 3.63) is 112 Å². The fourth-order valence-corrected chi connectivity index (χ4v) is 6.84. The van der Waals surface area contributed by atoms with E-state index in [-0.39, 0.29) is 29.7 Å². The first-order chi connectivity index (χ1) is 20.0. The SMILES string of the molecule is C[C@@H](CC(=O)N(Cc1nccn1C)c1ccc2c(c1)[C@H](NS(=O)(=O)c1cccc(Cl)c1)CCC2)c1ccc(F)c(F)c1. The average molecular weight is 613 g/mol. The molecule has 0 bridgehead atoms. The molecule has 2 atom stereocenters. The van der Waals surface area contributed by atoms with Gasteiger partial charge < -0.3 is 9.47 Å². The molecule has 0 saturated heterocycles. The highest BCUT2D eigenvalue weighted by molar-refractivity contribution is 7.89. The fraction of sp³-hybridized carbons (Fsp3) is 0.290. The average Bonchev–Trinajstić information content (AvgIpc) is 3.37. The highest BCUT2D eigenvalue weighted by Gasteiger charge is 2.28. The molecule has 0 aliphatic heterocycles. The second-order valence-electron chi connectivity index (χ2n) is 10.6. The topological polar surface area (TPSA) is 84.3 Å². The maximum absolute atomic E-state index is 13.9. The molecule has 42 heavy (non-hydrogen) atoms. The van der Waals surface area contributed by atoms with Gasteiger partial charge in [-0.15, -0.1) is 0 Å². The van der Waals surface area contributed by atoms with Crippen molar-refractivity contribution in [3.63, 3.8) is 0 Å². The summed E-state index contributed by atoms with van der Waals surface area (Å²) >= 11 is 6.05. The number of carbonyl (C=O) groups excluding carboxylic acids is 1. The van der Waals surface area contributed by atoms with E-state index in [0.717, 1.165) is 36.1 Å². The minimum absolute atomic E-state index is 0.0391. The molecule has 7 nitrogen and oxygen atoms in total. The van der Waals surface area contributed by atoms with E-state index in [2.05, 4.69) is 9.71 Å². The molecule has 1 N–H and O–H groups in total. The van der Waals surface area contributed by atoms with Crippen LogP contribution in [0, 0.1) is 11.6 Å². The van der Waals surface area contributed by atoms with Crippen LogP contribution in [0.2, 0.25) is 5.02 Å². The first-order valence-electron chi connectivity index (χ1n) is 13.6. The Hall–Kier alpha value is -3.60. The number of nitrogens with one attached hydrogen (secondary N) is 1. The van der Waals surface area contributed by atoms with Crippen molar-refractivity contribution in [1.29, 1.82) is 0 Å². The van der Waals surface area contributed by atoms with E-state index in [1.807, 2.05) is 29.8 Å². The summed E-state index contributed by atoms with van der Waals surface area (Å²) in [6, 6.07) is 14.9. The highest BCUT2D eigenvalue weighted by atomic mass is 35.5. The van der Waals surface area contributed by atoms with Gasteiger partial charge in [0.15, 0.2) is 11.6 Å². The maximum Gasteiger partial charge on any atom is 0.241 e. The lowest BCUT2D eigenvalue weighted by atomic mass is 9.87. The molecule has 0 fully saturated rings. The summed E-state index contributed by atoms with van der Waals surface area (Å²) in [5.74, 6) is -1.87. The minimum atomic E-state index is -3.86. The summed E-state index contributed by atoms with van der Waals surface area (Å²) in [6.45, 7) is 1.96. The smallest absolute Gasteiger partial charge is 0.241 e. The Morgan fingerprint density at radius 2 is 1.95 bits per heavy atom. The van der Waals surface area contributed by atoms with Crippen molar-refractivity contribution in [2.24, 2.45) is 7.05 Å². The third-order valence-electron chi connectivity index (χ3n) is 7.67. The molecule has 220 valence electrons. The lowest BCUT2D eigenvalue weighted by Gasteiger charge is -2.30. The molecular weight excluding hydrogens is 582 g/mol. The van der Waals surface area contributed by atoms with Gasteiger partial charge in [0.2, 0.25) is 15.9 Å². The number of halogens is 3. The lowest BCUT2D eigenvalue weighted by molar-refractivity contribution is -0.119. The molecule has 11 heteroatoms. The Labute approximate surface area is 249 Å². The van der Waals surface area contributed by atoms with Crippen LogP contribution in [0.15, 0.2) is 78.0 Å². The molecule has 0 unspecified atom stereocenters. The second-order valence-corrected chi connectivity index (χ2v) is 12.8. The van der Waals surface area contributed by atoms with Gasteiger partial charge in [-0.3, -0.25) is 4.79 Å². The molecule has 4 aromatic rings. The van der Waals surface area contributed by atoms with Crippen LogP contribution in [-0.4, -0.2) is 23.9 Å². The minimum Gasteiger partial charge on any atom is -0.337 e. The Bertz CT molecular complexity index is 1730. The Kier molecular flexibility index (Phi) is 8.77. The van der Waals surface area contributed by atoms with Gasteiger partial charge in [0, 0.05) is 42.6 Å². The molecule has 0 saturated carbocycles. The fourth-order valence-electron chi connectivity index (χ4n) is 5.29. The number of nitrogens with zero attached hydrogens (tertiary/aromatic N) is 3. The van der Waals surface area contributed by atoms with Gasteiger partial charge >= 0.3 is 0 Å². The van der Waals surface area contributed by atoms with Gasteiger partial charge in [-0.05, 0) is 84.3 Å². The van der Waals surface area contributed by atoms with Crippen LogP contribution in [0.3, 0.4) is 0 Å². The number of carbonyl (C=O) groups is 1. The zero-order valence-electron chi connectivity index (χ0n) is 23.2. The number of hydrogen-bond acceptors (Lipinski definition) is 4. The molecule has 0 spiro atoms. The van der Waals surface area contributed by atoms with Gasteiger partial charge in [-0.25, -0.2) is 26.9 Å². The van der Waals surface area contributed by atoms with Gasteiger partial charge in [-0.2, -0.15) is 0 Å². The Balaban J connectivity index is 1.46. The van der Waals surface area contributed by atoms with Crippen LogP contribution in [0.1, 0.15) is 60.7 Å². The number of hydrogen-bond donors (Lipinski definition) is 1. The largest absolute Gasteiger partial charge is 0.337 e. The number of sulfonamides is 1. The van der Waals surface area contributed by atoms with Crippen LogP contribution >= 0.6 is 11.6 Å². The monoisotopic (exact) mass is 612 g/mol. The zero-order valence-corrected chi connectivity index (χ0v) is 24.8. The number of imidazole rings is 1. The van der Waals surface area contributed by atoms with Crippen LogP contribution in [0.25, 0.3) is 0 Å². The van der Waals surface area contributed by atoms with Gasteiger partial charge in [0.1, 0.15) is 5.82 Å². The Morgan fingerprint density at radius 1 is 1.14 bits per heavy atom. The lowest BCUT2D eigenvalue weighted by Crippen LogP contribution is -2.34. The molecular formula is C31H31ClF2N4O3S. The van der Waals surface area contributed by atoms with E-state index in [4.69, 9.17) is 11.6 Å². The first kappa shape index (κ1) is 29.9. The summed E-state index contributed by atoms with van der Waals surface area (Å²) < 4.78 is 58.5. The number of aryl methyl sites for hydroxylation is 2. The van der Waals surface area contributed by atoms with E-state index >= 15 is 0 Å². The molecule has 1 aliphatic rings. The van der Waals surface area contributed by atoms with E-state index in [1.54, 1.807) is 36.4 Å². The normalized spacial score (nSPS) is 15.7. The third kappa shape index (κ3) is 6.56. The van der Waals surface area contributed by atoms with Crippen molar-refractivity contribution in [1.82, 2.24) is 14.3 Å². The van der Waals surface area contributed by atoms with Gasteiger partial charge in [0.05, 0.1) is 11.4 Å². The first-order valence-corrected chi connectivity index (χ1v) is 15.5. The third-order valence-corrected chi connectivity index (χ3v) is 9.38. The predicted molar refractivity (Wildman–Crippen MR) is 158 cm³/mol. The van der Waals surface area contributed by atoms with Crippen LogP contribution in [-0.2, 0) is 34.8 Å². The number of amides is 1. The van der Waals surface area contributed by atoms with Crippen LogP contribution < -0.4 is 9.62 Å². The molecule has 3 aromatic carbocycles. The quantitative estimate of drug-likeness (QED) is 0.236. The van der Waals surface area contributed by atoms with E-state index in [1.165, 1.54) is 18.2 Å². The van der Waals surface area contributed by atoms with E-state index < -0.39 is 27.7 Å². The standard InChI is InChI=1S/C31H31ClF2N4O3S/c1-20(22-10-12-27(33)28(34)16-22)15-31(39)38(19-30-35-13-14-37(30)2)24-11-9-21-5-3-8-29(26(21)18-24)36-42(40,41)25-7-4-6-23(32)17-25/h4,6-7,9-14,16-18,20,29,36H,3,5,8,15,19H2,1-2H3/t20-,29+/m0/s1. The molecule has 1 aromatic heterocycles. The highest BCUT2D eigenvalue weighted by Crippen LogP contribution is 2.35. The maximum atomic E-state index is 13.9. The Morgan fingerprint density at radius 3 is 2.67 bits per heavy atom. The van der Waals surface area contributed by atoms with Crippen molar-refractivity contribution in [3.8, 4) is 0 Å². The van der Waals surface area contributed by atoms with Crippen molar-refractivity contribution in [2.45, 2.75) is 56.0 Å². The summed E-state index contributed by atoms with van der Waals surface area (Å²) in [5.41, 5.74) is 2.91. The number of anilines is 1. The van der Waals surface area contributed by atoms with Crippen LogP contribution in [0.5, 0.6) is 0 Å². The van der Waals surface area contributed by atoms with E-state index in [9.17, 15) is 22.0 Å². The number of aromatic nitrogens is 2. The second kappa shape index (κ2) is 12.3. The van der Waals surface area contributed by atoms with Crippen molar-refractivity contribution in [2.75, 3.05) is 4.90 Å². The van der Waals surface area contributed by atoms with Gasteiger partial charge in [0.25, 0.3) is 0 Å². The van der Waals surface area contributed by atoms with E-state index in [0.29, 0.717) is 28.5 Å². The molecule has 5 rings (SSSR count). The predicted octanol–water partition coefficient (Wildman–Crippen LogP) is 6.43. The summed E-state index contributed by atoms with van der Waals surface area (Å²) in [6.07, 6.45) is 5.65. The molecule has 1 heterocycles. The molecule has 1 aliphatic carbocycles. The number of benzene rings is 3.